The van der Waals surface area contributed by atoms with Crippen molar-refractivity contribution in [2.75, 3.05) is 6.61 Å². The number of hydrogen-bond acceptors (Lipinski definition) is 4. The molecule has 4 aromatic rings. The van der Waals surface area contributed by atoms with E-state index in [2.05, 4.69) is 0 Å². The first kappa shape index (κ1) is 23.8. The van der Waals surface area contributed by atoms with E-state index < -0.39 is 6.04 Å². The lowest BCUT2D eigenvalue weighted by Gasteiger charge is -2.36. The molecule has 1 saturated carbocycles. The fourth-order valence-electron chi connectivity index (χ4n) is 4.75. The molecule has 6 heteroatoms. The predicted molar refractivity (Wildman–Crippen MR) is 141 cm³/mol. The van der Waals surface area contributed by atoms with Crippen molar-refractivity contribution in [1.29, 1.82) is 0 Å². The van der Waals surface area contributed by atoms with E-state index in [-0.39, 0.29) is 17.4 Å². The van der Waals surface area contributed by atoms with Crippen molar-refractivity contribution in [2.45, 2.75) is 45.7 Å². The van der Waals surface area contributed by atoms with Gasteiger partial charge in [0, 0.05) is 12.5 Å². The Morgan fingerprint density at radius 1 is 1.03 bits per heavy atom. The van der Waals surface area contributed by atoms with Crippen molar-refractivity contribution in [3.8, 4) is 11.4 Å². The van der Waals surface area contributed by atoms with Gasteiger partial charge in [-0.05, 0) is 68.7 Å². The van der Waals surface area contributed by atoms with Gasteiger partial charge < -0.3 is 9.64 Å². The Bertz CT molecular complexity index is 1410. The molecule has 1 unspecified atom stereocenters. The molecule has 0 spiro atoms. The molecule has 1 fully saturated rings. The summed E-state index contributed by atoms with van der Waals surface area (Å²) in [6.45, 7) is 4.94. The summed E-state index contributed by atoms with van der Waals surface area (Å²) in [6, 6.07) is 24.4. The third kappa shape index (κ3) is 4.63. The topological polar surface area (TPSA) is 64.4 Å². The zero-order valence-electron chi connectivity index (χ0n) is 20.8. The Morgan fingerprint density at radius 2 is 1.72 bits per heavy atom. The van der Waals surface area contributed by atoms with Crippen molar-refractivity contribution >= 4 is 16.8 Å². The predicted octanol–water partition coefficient (Wildman–Crippen LogP) is 5.67. The first-order chi connectivity index (χ1) is 17.6. The molecule has 0 aliphatic heterocycles. The van der Waals surface area contributed by atoms with E-state index in [9.17, 15) is 9.59 Å². The molecule has 36 heavy (non-hydrogen) atoms. The van der Waals surface area contributed by atoms with E-state index in [1.165, 1.54) is 0 Å². The Hall–Kier alpha value is -3.93. The Labute approximate surface area is 211 Å². The van der Waals surface area contributed by atoms with Gasteiger partial charge in [-0.2, -0.15) is 0 Å². The molecule has 3 aromatic carbocycles. The quantitative estimate of drug-likeness (QED) is 0.325. The number of nitrogens with zero attached hydrogens (tertiary/aromatic N) is 3. The number of benzene rings is 3. The van der Waals surface area contributed by atoms with E-state index in [1.807, 2.05) is 91.5 Å². The summed E-state index contributed by atoms with van der Waals surface area (Å²) in [5.74, 6) is 1.44. The SMILES string of the molecule is CCOc1ccc(-n2c(C(C)N(Cc3ccccc3)C(=O)C3CCC3)nc3ccccc3c2=O)cc1. The Balaban J connectivity index is 1.64. The number of carbonyl (C=O) groups excluding carboxylic acids is 1. The Morgan fingerprint density at radius 3 is 2.39 bits per heavy atom. The van der Waals surface area contributed by atoms with Crippen LogP contribution in [0.15, 0.2) is 83.7 Å². The molecule has 0 bridgehead atoms. The summed E-state index contributed by atoms with van der Waals surface area (Å²) in [4.78, 5) is 34.3. The molecule has 0 saturated heterocycles. The van der Waals surface area contributed by atoms with E-state index in [0.29, 0.717) is 35.6 Å². The highest BCUT2D eigenvalue weighted by Gasteiger charge is 2.34. The summed E-state index contributed by atoms with van der Waals surface area (Å²) in [7, 11) is 0. The summed E-state index contributed by atoms with van der Waals surface area (Å²) in [5, 5.41) is 0.544. The summed E-state index contributed by atoms with van der Waals surface area (Å²) >= 11 is 0. The molecule has 0 N–H and O–H groups in total. The first-order valence-corrected chi connectivity index (χ1v) is 12.7. The van der Waals surface area contributed by atoms with Gasteiger partial charge in [0.05, 0.1) is 29.2 Å². The van der Waals surface area contributed by atoms with Crippen LogP contribution in [0.1, 0.15) is 50.5 Å². The van der Waals surface area contributed by atoms with Gasteiger partial charge in [-0.1, -0.05) is 48.9 Å². The van der Waals surface area contributed by atoms with Crippen LogP contribution in [0.4, 0.5) is 0 Å². The van der Waals surface area contributed by atoms with Crippen LogP contribution in [0.3, 0.4) is 0 Å². The van der Waals surface area contributed by atoms with Gasteiger partial charge in [0.15, 0.2) is 0 Å². The lowest BCUT2D eigenvalue weighted by atomic mass is 9.84. The number of amides is 1. The van der Waals surface area contributed by atoms with E-state index in [0.717, 1.165) is 30.6 Å². The molecule has 1 aromatic heterocycles. The van der Waals surface area contributed by atoms with Crippen LogP contribution >= 0.6 is 0 Å². The lowest BCUT2D eigenvalue weighted by Crippen LogP contribution is -2.42. The van der Waals surface area contributed by atoms with Gasteiger partial charge in [-0.3, -0.25) is 14.2 Å². The summed E-state index contributed by atoms with van der Waals surface area (Å²) in [5.41, 5.74) is 2.22. The van der Waals surface area contributed by atoms with Crippen LogP contribution in [0.2, 0.25) is 0 Å². The number of fused-ring (bicyclic) bond motifs is 1. The van der Waals surface area contributed by atoms with E-state index in [4.69, 9.17) is 9.72 Å². The molecule has 1 aliphatic rings. The maximum absolute atomic E-state index is 13.8. The third-order valence-corrected chi connectivity index (χ3v) is 6.98. The van der Waals surface area contributed by atoms with Crippen LogP contribution in [0, 0.1) is 5.92 Å². The van der Waals surface area contributed by atoms with Gasteiger partial charge >= 0.3 is 0 Å². The summed E-state index contributed by atoms with van der Waals surface area (Å²) < 4.78 is 7.25. The molecule has 1 heterocycles. The number of ether oxygens (including phenoxy) is 1. The number of hydrogen-bond donors (Lipinski definition) is 0. The average molecular weight is 482 g/mol. The molecule has 6 nitrogen and oxygen atoms in total. The fourth-order valence-corrected chi connectivity index (χ4v) is 4.75. The van der Waals surface area contributed by atoms with Gasteiger partial charge in [0.1, 0.15) is 11.6 Å². The molecule has 1 atom stereocenters. The minimum Gasteiger partial charge on any atom is -0.494 e. The van der Waals surface area contributed by atoms with Crippen LogP contribution < -0.4 is 10.3 Å². The molecular formula is C30H31N3O3. The maximum atomic E-state index is 13.8. The number of para-hydroxylation sites is 1. The monoisotopic (exact) mass is 481 g/mol. The zero-order valence-corrected chi connectivity index (χ0v) is 20.8. The number of aromatic nitrogens is 2. The van der Waals surface area contributed by atoms with Crippen molar-refractivity contribution < 1.29 is 9.53 Å². The van der Waals surface area contributed by atoms with Crippen LogP contribution in [0.25, 0.3) is 16.6 Å². The second-order valence-corrected chi connectivity index (χ2v) is 9.31. The fraction of sp³-hybridized carbons (Fsp3) is 0.300. The number of carbonyl (C=O) groups is 1. The van der Waals surface area contributed by atoms with E-state index >= 15 is 0 Å². The van der Waals surface area contributed by atoms with Crippen LogP contribution in [-0.2, 0) is 11.3 Å². The first-order valence-electron chi connectivity index (χ1n) is 12.7. The highest BCUT2D eigenvalue weighted by Crippen LogP contribution is 2.33. The second kappa shape index (κ2) is 10.4. The molecule has 0 radical (unpaired) electrons. The molecular weight excluding hydrogens is 450 g/mol. The molecule has 1 amide bonds. The van der Waals surface area contributed by atoms with Crippen molar-refractivity contribution in [3.05, 3.63) is 101 Å². The standard InChI is InChI=1S/C30H31N3O3/c1-3-36-25-18-16-24(17-19-25)33-28(31-27-15-8-7-14-26(27)30(33)35)21(2)32(29(34)23-12-9-13-23)20-22-10-5-4-6-11-22/h4-8,10-11,14-19,21,23H,3,9,12-13,20H2,1-2H3. The van der Waals surface area contributed by atoms with Gasteiger partial charge in [-0.25, -0.2) is 4.98 Å². The highest BCUT2D eigenvalue weighted by molar-refractivity contribution is 5.81. The highest BCUT2D eigenvalue weighted by atomic mass is 16.5. The van der Waals surface area contributed by atoms with Gasteiger partial charge in [0.2, 0.25) is 5.91 Å². The normalized spacial score (nSPS) is 14.3. The maximum Gasteiger partial charge on any atom is 0.266 e. The van der Waals surface area contributed by atoms with Crippen LogP contribution in [0.5, 0.6) is 5.75 Å². The molecule has 184 valence electrons. The second-order valence-electron chi connectivity index (χ2n) is 9.31. The van der Waals surface area contributed by atoms with Crippen molar-refractivity contribution in [3.63, 3.8) is 0 Å². The summed E-state index contributed by atoms with van der Waals surface area (Å²) in [6.07, 6.45) is 2.90. The Kier molecular flexibility index (Phi) is 6.85. The van der Waals surface area contributed by atoms with Crippen molar-refractivity contribution in [2.24, 2.45) is 5.92 Å². The minimum atomic E-state index is -0.415. The van der Waals surface area contributed by atoms with Gasteiger partial charge in [-0.15, -0.1) is 0 Å². The molecule has 5 rings (SSSR count). The zero-order chi connectivity index (χ0) is 25.1. The van der Waals surface area contributed by atoms with E-state index in [1.54, 1.807) is 10.6 Å². The molecule has 1 aliphatic carbocycles. The van der Waals surface area contributed by atoms with Crippen LogP contribution in [-0.4, -0.2) is 27.0 Å². The smallest absolute Gasteiger partial charge is 0.266 e. The number of rotatable bonds is 8. The van der Waals surface area contributed by atoms with Crippen molar-refractivity contribution in [1.82, 2.24) is 14.5 Å². The largest absolute Gasteiger partial charge is 0.494 e. The third-order valence-electron chi connectivity index (χ3n) is 6.98. The van der Waals surface area contributed by atoms with Gasteiger partial charge in [0.25, 0.3) is 5.56 Å². The minimum absolute atomic E-state index is 0.0299. The average Bonchev–Trinajstić information content (AvgIpc) is 2.87. The lowest BCUT2D eigenvalue weighted by molar-refractivity contribution is -0.141.